The number of aromatic nitrogens is 1. The Kier molecular flexibility index (Phi) is 6.86. The summed E-state index contributed by atoms with van der Waals surface area (Å²) in [7, 11) is -1.38. The topological polar surface area (TPSA) is 79.5 Å². The lowest BCUT2D eigenvalue weighted by Gasteiger charge is -2.35. The third kappa shape index (κ3) is 4.79. The molecule has 1 aromatic rings. The van der Waals surface area contributed by atoms with Crippen molar-refractivity contribution in [1.82, 2.24) is 14.2 Å². The third-order valence-electron chi connectivity index (χ3n) is 3.83. The Morgan fingerprint density at radius 3 is 2.57 bits per heavy atom. The highest BCUT2D eigenvalue weighted by atomic mass is 35.5. The summed E-state index contributed by atoms with van der Waals surface area (Å²) >= 11 is 1.52. The Labute approximate surface area is 136 Å². The van der Waals surface area contributed by atoms with Crippen LogP contribution in [0.4, 0.5) is 5.13 Å². The first-order chi connectivity index (χ1) is 9.42. The quantitative estimate of drug-likeness (QED) is 0.864. The van der Waals surface area contributed by atoms with Gasteiger partial charge in [-0.15, -0.1) is 23.7 Å². The van der Waals surface area contributed by atoms with Crippen LogP contribution < -0.4 is 5.73 Å². The molecule has 0 amide bonds. The summed E-state index contributed by atoms with van der Waals surface area (Å²) in [4.78, 5) is 7.54. The smallest absolute Gasteiger partial charge is 0.213 e. The molecule has 0 spiro atoms. The molecule has 2 rings (SSSR count). The Morgan fingerprint density at radius 1 is 1.48 bits per heavy atom. The molecule has 6 nitrogen and oxygen atoms in total. The first-order valence-electron chi connectivity index (χ1n) is 6.80. The molecule has 0 aliphatic carbocycles. The van der Waals surface area contributed by atoms with Crippen molar-refractivity contribution < 1.29 is 8.42 Å². The van der Waals surface area contributed by atoms with Crippen molar-refractivity contribution >= 4 is 38.9 Å². The SMILES string of the molecule is CCS(=O)(=O)N(C)C1CCN(Cc2cnc(N)s2)CC1.Cl. The monoisotopic (exact) mass is 354 g/mol. The van der Waals surface area contributed by atoms with Crippen LogP contribution >= 0.6 is 23.7 Å². The molecule has 2 heterocycles. The summed E-state index contributed by atoms with van der Waals surface area (Å²) in [6.45, 7) is 4.36. The van der Waals surface area contributed by atoms with E-state index in [9.17, 15) is 8.42 Å². The van der Waals surface area contributed by atoms with Gasteiger partial charge in [0, 0.05) is 43.8 Å². The maximum atomic E-state index is 11.9. The average molecular weight is 355 g/mol. The van der Waals surface area contributed by atoms with Crippen LogP contribution in [0.3, 0.4) is 0 Å². The molecule has 0 unspecified atom stereocenters. The molecule has 21 heavy (non-hydrogen) atoms. The zero-order chi connectivity index (χ0) is 14.8. The second-order valence-electron chi connectivity index (χ2n) is 5.09. The molecular weight excluding hydrogens is 332 g/mol. The Bertz CT molecular complexity index is 541. The van der Waals surface area contributed by atoms with Gasteiger partial charge in [-0.1, -0.05) is 0 Å². The zero-order valence-corrected chi connectivity index (χ0v) is 14.8. The summed E-state index contributed by atoms with van der Waals surface area (Å²) in [6.07, 6.45) is 3.58. The fraction of sp³-hybridized carbons (Fsp3) is 0.750. The predicted molar refractivity (Wildman–Crippen MR) is 89.3 cm³/mol. The molecule has 122 valence electrons. The van der Waals surface area contributed by atoms with Gasteiger partial charge in [-0.3, -0.25) is 4.90 Å². The summed E-state index contributed by atoms with van der Waals surface area (Å²) in [5, 5.41) is 0.601. The van der Waals surface area contributed by atoms with Gasteiger partial charge in [0.15, 0.2) is 5.13 Å². The molecule has 0 saturated carbocycles. The summed E-state index contributed by atoms with van der Waals surface area (Å²) in [6, 6.07) is 0.128. The van der Waals surface area contributed by atoms with Gasteiger partial charge in [-0.25, -0.2) is 17.7 Å². The van der Waals surface area contributed by atoms with Crippen molar-refractivity contribution in [3.63, 3.8) is 0 Å². The molecule has 0 radical (unpaired) electrons. The number of hydrogen-bond donors (Lipinski definition) is 1. The summed E-state index contributed by atoms with van der Waals surface area (Å²) in [5.41, 5.74) is 5.62. The normalized spacial score (nSPS) is 17.9. The lowest BCUT2D eigenvalue weighted by molar-refractivity contribution is 0.165. The first-order valence-corrected chi connectivity index (χ1v) is 9.23. The zero-order valence-electron chi connectivity index (χ0n) is 12.4. The van der Waals surface area contributed by atoms with Crippen LogP contribution in [0.2, 0.25) is 0 Å². The van der Waals surface area contributed by atoms with Crippen LogP contribution in [0.5, 0.6) is 0 Å². The standard InChI is InChI=1S/C12H22N4O2S2.ClH/c1-3-20(17,18)15(2)10-4-6-16(7-5-10)9-11-8-14-12(13)19-11;/h8,10H,3-7,9H2,1-2H3,(H2,13,14);1H. The van der Waals surface area contributed by atoms with E-state index >= 15 is 0 Å². The van der Waals surface area contributed by atoms with Crippen LogP contribution in [0.15, 0.2) is 6.20 Å². The summed E-state index contributed by atoms with van der Waals surface area (Å²) < 4.78 is 25.3. The van der Waals surface area contributed by atoms with E-state index in [1.807, 2.05) is 6.20 Å². The van der Waals surface area contributed by atoms with Crippen LogP contribution in [0.25, 0.3) is 0 Å². The molecule has 1 aliphatic heterocycles. The fourth-order valence-electron chi connectivity index (χ4n) is 2.49. The van der Waals surface area contributed by atoms with Gasteiger partial charge in [0.2, 0.25) is 10.0 Å². The molecule has 1 aliphatic rings. The second-order valence-corrected chi connectivity index (χ2v) is 8.55. The number of nitrogens with two attached hydrogens (primary N) is 1. The highest BCUT2D eigenvalue weighted by Crippen LogP contribution is 2.22. The summed E-state index contributed by atoms with van der Waals surface area (Å²) in [5.74, 6) is 0.170. The van der Waals surface area contributed by atoms with E-state index in [4.69, 9.17) is 5.73 Å². The minimum absolute atomic E-state index is 0. The molecule has 9 heteroatoms. The van der Waals surface area contributed by atoms with E-state index in [1.165, 1.54) is 11.3 Å². The van der Waals surface area contributed by atoms with Crippen molar-refractivity contribution in [3.05, 3.63) is 11.1 Å². The van der Waals surface area contributed by atoms with E-state index in [-0.39, 0.29) is 24.2 Å². The van der Waals surface area contributed by atoms with Gasteiger partial charge in [0.05, 0.1) is 5.75 Å². The van der Waals surface area contributed by atoms with E-state index < -0.39 is 10.0 Å². The molecular formula is C12H23ClN4O2S2. The third-order valence-corrected chi connectivity index (χ3v) is 6.54. The number of nitrogens with zero attached hydrogens (tertiary/aromatic N) is 3. The van der Waals surface area contributed by atoms with Crippen LogP contribution in [0, 0.1) is 0 Å². The highest BCUT2D eigenvalue weighted by molar-refractivity contribution is 7.89. The Morgan fingerprint density at radius 2 is 2.10 bits per heavy atom. The lowest BCUT2D eigenvalue weighted by Crippen LogP contribution is -2.45. The van der Waals surface area contributed by atoms with Gasteiger partial charge >= 0.3 is 0 Å². The number of hydrogen-bond acceptors (Lipinski definition) is 6. The maximum absolute atomic E-state index is 11.9. The Hall–Kier alpha value is -0.410. The van der Waals surface area contributed by atoms with Crippen molar-refractivity contribution in [1.29, 1.82) is 0 Å². The number of piperidine rings is 1. The number of sulfonamides is 1. The Balaban J connectivity index is 0.00000220. The molecule has 1 fully saturated rings. The van der Waals surface area contributed by atoms with E-state index in [1.54, 1.807) is 18.3 Å². The van der Waals surface area contributed by atoms with Gasteiger partial charge < -0.3 is 5.73 Å². The van der Waals surface area contributed by atoms with Crippen LogP contribution in [-0.2, 0) is 16.6 Å². The van der Waals surface area contributed by atoms with Crippen molar-refractivity contribution in [2.45, 2.75) is 32.4 Å². The number of nitrogen functional groups attached to an aromatic ring is 1. The molecule has 1 saturated heterocycles. The number of halogens is 1. The second kappa shape index (κ2) is 7.73. The largest absolute Gasteiger partial charge is 0.375 e. The van der Waals surface area contributed by atoms with Gasteiger partial charge in [-0.05, 0) is 19.8 Å². The molecule has 0 atom stereocenters. The number of anilines is 1. The molecule has 0 bridgehead atoms. The van der Waals surface area contributed by atoms with Crippen LogP contribution in [-0.4, -0.2) is 54.5 Å². The van der Waals surface area contributed by atoms with E-state index in [0.29, 0.717) is 5.13 Å². The van der Waals surface area contributed by atoms with Crippen LogP contribution in [0.1, 0.15) is 24.6 Å². The maximum Gasteiger partial charge on any atom is 0.213 e. The average Bonchev–Trinajstić information content (AvgIpc) is 2.84. The predicted octanol–water partition coefficient (Wildman–Crippen LogP) is 1.39. The van der Waals surface area contributed by atoms with Gasteiger partial charge in [0.1, 0.15) is 0 Å². The minimum Gasteiger partial charge on any atom is -0.375 e. The lowest BCUT2D eigenvalue weighted by atomic mass is 10.1. The number of rotatable bonds is 5. The van der Waals surface area contributed by atoms with E-state index in [2.05, 4.69) is 9.88 Å². The molecule has 1 aromatic heterocycles. The van der Waals surface area contributed by atoms with Crippen molar-refractivity contribution in [2.24, 2.45) is 0 Å². The number of likely N-dealkylation sites (tertiary alicyclic amines) is 1. The molecule has 0 aromatic carbocycles. The van der Waals surface area contributed by atoms with Gasteiger partial charge in [0.25, 0.3) is 0 Å². The first kappa shape index (κ1) is 18.6. The fourth-order valence-corrected chi connectivity index (χ4v) is 4.29. The van der Waals surface area contributed by atoms with Crippen molar-refractivity contribution in [2.75, 3.05) is 31.6 Å². The highest BCUT2D eigenvalue weighted by Gasteiger charge is 2.28. The minimum atomic E-state index is -3.08. The molecule has 2 N–H and O–H groups in total. The van der Waals surface area contributed by atoms with Gasteiger partial charge in [-0.2, -0.15) is 0 Å². The van der Waals surface area contributed by atoms with E-state index in [0.717, 1.165) is 37.4 Å². The van der Waals surface area contributed by atoms with Crippen molar-refractivity contribution in [3.8, 4) is 0 Å². The number of thiazole rings is 1.